The molecule has 2 nitrogen and oxygen atoms in total. The SMILES string of the molecule is CCCN1B(Br)N(CCC)c2ccccc21. The Kier molecular flexibility index (Phi) is 3.80. The van der Waals surface area contributed by atoms with Crippen LogP contribution in [0.3, 0.4) is 0 Å². The van der Waals surface area contributed by atoms with Crippen molar-refractivity contribution in [3.63, 3.8) is 0 Å². The molecular weight excluding hydrogens is 263 g/mol. The van der Waals surface area contributed by atoms with Crippen LogP contribution in [0, 0.1) is 0 Å². The van der Waals surface area contributed by atoms with Crippen molar-refractivity contribution in [1.29, 1.82) is 0 Å². The maximum absolute atomic E-state index is 3.81. The predicted molar refractivity (Wildman–Crippen MR) is 76.4 cm³/mol. The van der Waals surface area contributed by atoms with Crippen LogP contribution in [-0.4, -0.2) is 18.9 Å². The van der Waals surface area contributed by atoms with Crippen molar-refractivity contribution in [2.45, 2.75) is 26.7 Å². The highest BCUT2D eigenvalue weighted by Gasteiger charge is 2.37. The number of hydrogen-bond acceptors (Lipinski definition) is 2. The van der Waals surface area contributed by atoms with Crippen LogP contribution in [0.4, 0.5) is 11.4 Å². The smallest absolute Gasteiger partial charge is 0.385 e. The topological polar surface area (TPSA) is 6.48 Å². The molecule has 0 aliphatic carbocycles. The Balaban J connectivity index is 2.32. The van der Waals surface area contributed by atoms with Gasteiger partial charge >= 0.3 is 5.81 Å². The zero-order valence-electron chi connectivity index (χ0n) is 9.99. The van der Waals surface area contributed by atoms with E-state index in [2.05, 4.69) is 63.5 Å². The van der Waals surface area contributed by atoms with Crippen LogP contribution in [0.2, 0.25) is 0 Å². The lowest BCUT2D eigenvalue weighted by molar-refractivity contribution is 0.906. The van der Waals surface area contributed by atoms with Crippen molar-refractivity contribution in [3.05, 3.63) is 24.3 Å². The molecule has 2 rings (SSSR count). The lowest BCUT2D eigenvalue weighted by Crippen LogP contribution is -2.44. The molecule has 0 bridgehead atoms. The van der Waals surface area contributed by atoms with E-state index in [1.807, 2.05) is 0 Å². The van der Waals surface area contributed by atoms with Crippen LogP contribution in [0.5, 0.6) is 0 Å². The average Bonchev–Trinajstić information content (AvgIpc) is 2.56. The maximum Gasteiger partial charge on any atom is 0.455 e. The summed E-state index contributed by atoms with van der Waals surface area (Å²) in [5.74, 6) is 0.324. The summed E-state index contributed by atoms with van der Waals surface area (Å²) in [6.45, 7) is 6.66. The van der Waals surface area contributed by atoms with Crippen molar-refractivity contribution in [3.8, 4) is 0 Å². The van der Waals surface area contributed by atoms with E-state index in [1.54, 1.807) is 0 Å². The molecule has 86 valence electrons. The van der Waals surface area contributed by atoms with E-state index in [1.165, 1.54) is 24.2 Å². The highest BCUT2D eigenvalue weighted by atomic mass is 79.9. The Morgan fingerprint density at radius 1 is 1.00 bits per heavy atom. The minimum atomic E-state index is 0.324. The highest BCUT2D eigenvalue weighted by Crippen LogP contribution is 2.39. The molecule has 0 aromatic heterocycles. The Morgan fingerprint density at radius 2 is 1.44 bits per heavy atom. The number of halogens is 1. The van der Waals surface area contributed by atoms with Gasteiger partial charge in [-0.3, -0.25) is 0 Å². The zero-order valence-corrected chi connectivity index (χ0v) is 11.6. The van der Waals surface area contributed by atoms with Crippen molar-refractivity contribution in [2.24, 2.45) is 0 Å². The quantitative estimate of drug-likeness (QED) is 0.779. The molecule has 16 heavy (non-hydrogen) atoms. The van der Waals surface area contributed by atoms with Crippen LogP contribution in [0.25, 0.3) is 0 Å². The molecule has 0 fully saturated rings. The fraction of sp³-hybridized carbons (Fsp3) is 0.500. The van der Waals surface area contributed by atoms with Gasteiger partial charge < -0.3 is 9.62 Å². The Morgan fingerprint density at radius 3 is 1.81 bits per heavy atom. The summed E-state index contributed by atoms with van der Waals surface area (Å²) in [4.78, 5) is 4.87. The number of hydrogen-bond donors (Lipinski definition) is 0. The molecule has 1 aromatic rings. The molecule has 1 heterocycles. The fourth-order valence-electron chi connectivity index (χ4n) is 2.28. The highest BCUT2D eigenvalue weighted by molar-refractivity contribution is 9.24. The van der Waals surface area contributed by atoms with Gasteiger partial charge in [-0.25, -0.2) is 0 Å². The molecule has 0 amide bonds. The second-order valence-electron chi connectivity index (χ2n) is 4.19. The molecule has 0 unspecified atom stereocenters. The first-order valence-electron chi connectivity index (χ1n) is 6.06. The molecule has 1 aliphatic heterocycles. The first-order valence-corrected chi connectivity index (χ1v) is 6.97. The minimum Gasteiger partial charge on any atom is -0.385 e. The standard InChI is InChI=1S/C12H18BBrN2/c1-3-9-15-11-7-5-6-8-12(11)16(10-4-2)13(15)14/h5-8H,3-4,9-10H2,1-2H3. The minimum absolute atomic E-state index is 0.324. The Bertz CT molecular complexity index is 326. The van der Waals surface area contributed by atoms with Crippen LogP contribution in [0.15, 0.2) is 24.3 Å². The van der Waals surface area contributed by atoms with Gasteiger partial charge in [-0.05, 0) is 25.0 Å². The predicted octanol–water partition coefficient (Wildman–Crippen LogP) is 3.51. The van der Waals surface area contributed by atoms with Crippen LogP contribution >= 0.6 is 15.8 Å². The second-order valence-corrected chi connectivity index (χ2v) is 5.01. The maximum atomic E-state index is 3.81. The summed E-state index contributed by atoms with van der Waals surface area (Å²) < 4.78 is 0. The molecule has 0 spiro atoms. The van der Waals surface area contributed by atoms with E-state index >= 15 is 0 Å². The molecular formula is C12H18BBrN2. The molecule has 1 aliphatic rings. The zero-order chi connectivity index (χ0) is 11.5. The van der Waals surface area contributed by atoms with Crippen molar-refractivity contribution < 1.29 is 0 Å². The average molecular weight is 281 g/mol. The van der Waals surface area contributed by atoms with Crippen molar-refractivity contribution in [1.82, 2.24) is 0 Å². The first kappa shape index (κ1) is 11.8. The molecule has 0 saturated carbocycles. The van der Waals surface area contributed by atoms with Gasteiger partial charge in [-0.2, -0.15) is 0 Å². The van der Waals surface area contributed by atoms with Gasteiger partial charge in [0.05, 0.1) is 0 Å². The fourth-order valence-corrected chi connectivity index (χ4v) is 3.13. The summed E-state index contributed by atoms with van der Waals surface area (Å²) in [5.41, 5.74) is 2.72. The molecule has 0 atom stereocenters. The second kappa shape index (κ2) is 5.13. The summed E-state index contributed by atoms with van der Waals surface area (Å²) in [6, 6.07) is 8.68. The van der Waals surface area contributed by atoms with Gasteiger partial charge in [0, 0.05) is 24.5 Å². The first-order chi connectivity index (χ1) is 7.79. The molecule has 0 radical (unpaired) electrons. The summed E-state index contributed by atoms with van der Waals surface area (Å²) >= 11 is 3.81. The van der Waals surface area contributed by atoms with Crippen LogP contribution in [0.1, 0.15) is 26.7 Å². The number of nitrogens with zero attached hydrogens (tertiary/aromatic N) is 2. The van der Waals surface area contributed by atoms with E-state index in [4.69, 9.17) is 0 Å². The van der Waals surface area contributed by atoms with Crippen LogP contribution in [-0.2, 0) is 0 Å². The Hall–Kier alpha value is -0.635. The van der Waals surface area contributed by atoms with Crippen molar-refractivity contribution in [2.75, 3.05) is 22.7 Å². The van der Waals surface area contributed by atoms with E-state index in [0.29, 0.717) is 5.81 Å². The Labute approximate surface area is 107 Å². The van der Waals surface area contributed by atoms with Gasteiger partial charge in [0.15, 0.2) is 0 Å². The normalized spacial score (nSPS) is 14.6. The largest absolute Gasteiger partial charge is 0.455 e. The third-order valence-corrected chi connectivity index (χ3v) is 3.93. The van der Waals surface area contributed by atoms with E-state index < -0.39 is 0 Å². The summed E-state index contributed by atoms with van der Waals surface area (Å²) in [6.07, 6.45) is 2.35. The molecule has 0 N–H and O–H groups in total. The number of para-hydroxylation sites is 2. The number of anilines is 2. The van der Waals surface area contributed by atoms with E-state index in [9.17, 15) is 0 Å². The molecule has 0 saturated heterocycles. The van der Waals surface area contributed by atoms with Crippen LogP contribution < -0.4 is 9.62 Å². The van der Waals surface area contributed by atoms with Gasteiger partial charge in [0.25, 0.3) is 0 Å². The third kappa shape index (κ3) is 1.95. The van der Waals surface area contributed by atoms with Crippen molar-refractivity contribution >= 4 is 32.9 Å². The van der Waals surface area contributed by atoms with Gasteiger partial charge in [-0.15, -0.1) is 0 Å². The molecule has 1 aromatic carbocycles. The number of rotatable bonds is 4. The lowest BCUT2D eigenvalue weighted by atomic mass is 10.1. The van der Waals surface area contributed by atoms with Gasteiger partial charge in [-0.1, -0.05) is 41.7 Å². The number of fused-ring (bicyclic) bond motifs is 1. The molecule has 4 heteroatoms. The van der Waals surface area contributed by atoms with Gasteiger partial charge in [0.2, 0.25) is 0 Å². The summed E-state index contributed by atoms with van der Waals surface area (Å²) in [5, 5.41) is 0. The van der Waals surface area contributed by atoms with E-state index in [-0.39, 0.29) is 0 Å². The van der Waals surface area contributed by atoms with E-state index in [0.717, 1.165) is 13.1 Å². The summed E-state index contributed by atoms with van der Waals surface area (Å²) in [7, 11) is 0. The third-order valence-electron chi connectivity index (χ3n) is 2.94. The monoisotopic (exact) mass is 280 g/mol. The number of benzene rings is 1. The lowest BCUT2D eigenvalue weighted by Gasteiger charge is -2.24. The van der Waals surface area contributed by atoms with Gasteiger partial charge in [0.1, 0.15) is 0 Å².